The van der Waals surface area contributed by atoms with Crippen LogP contribution in [0.1, 0.15) is 11.1 Å². The van der Waals surface area contributed by atoms with E-state index in [-0.39, 0.29) is 17.9 Å². The highest BCUT2D eigenvalue weighted by atomic mass is 35.5. The first-order valence-corrected chi connectivity index (χ1v) is 10.4. The zero-order chi connectivity index (χ0) is 23.5. The number of carbonyl (C=O) groups is 1. The highest BCUT2D eigenvalue weighted by Crippen LogP contribution is 2.24. The summed E-state index contributed by atoms with van der Waals surface area (Å²) in [7, 11) is 0. The van der Waals surface area contributed by atoms with Crippen molar-refractivity contribution in [3.8, 4) is 0 Å². The van der Waals surface area contributed by atoms with Crippen LogP contribution in [0.4, 0.5) is 16.2 Å². The van der Waals surface area contributed by atoms with Gasteiger partial charge < -0.3 is 4.74 Å². The van der Waals surface area contributed by atoms with Gasteiger partial charge in [0.1, 0.15) is 6.61 Å². The number of aromatic amines is 1. The quantitative estimate of drug-likeness (QED) is 0.281. The number of nitrogens with one attached hydrogen (secondary N) is 2. The number of hydrogen-bond donors (Lipinski definition) is 2. The van der Waals surface area contributed by atoms with Crippen molar-refractivity contribution in [1.82, 2.24) is 9.78 Å². The molecule has 1 amide bonds. The van der Waals surface area contributed by atoms with Crippen LogP contribution in [0, 0.1) is 10.1 Å². The number of halogens is 2. The van der Waals surface area contributed by atoms with E-state index in [0.29, 0.717) is 38.7 Å². The Hall–Kier alpha value is -3.82. The standard InChI is InChI=1S/C22H16Cl2N4O5/c23-18-7-3-14(9-19(18)24)11-27-20-8-4-15(10-17(20)21(29)26-27)25-22(30)33-12-13-1-5-16(6-2-13)28(31)32/h1-10H,11-12H2,(H,25,30)(H,26,29). The van der Waals surface area contributed by atoms with E-state index >= 15 is 0 Å². The normalized spacial score (nSPS) is 10.8. The summed E-state index contributed by atoms with van der Waals surface area (Å²) >= 11 is 12.0. The van der Waals surface area contributed by atoms with E-state index in [9.17, 15) is 19.7 Å². The van der Waals surface area contributed by atoms with Gasteiger partial charge in [0.05, 0.1) is 32.4 Å². The highest BCUT2D eigenvalue weighted by Gasteiger charge is 2.11. The zero-order valence-corrected chi connectivity index (χ0v) is 18.4. The van der Waals surface area contributed by atoms with Gasteiger partial charge in [-0.3, -0.25) is 30.0 Å². The SMILES string of the molecule is O=C(Nc1ccc2c(c1)c(=O)[nH]n2Cc1ccc(Cl)c(Cl)c1)OCc1ccc([N+](=O)[O-])cc1. The molecule has 0 aliphatic carbocycles. The summed E-state index contributed by atoms with van der Waals surface area (Å²) in [5.41, 5.74) is 2.13. The van der Waals surface area contributed by atoms with Crippen LogP contribution >= 0.6 is 23.2 Å². The van der Waals surface area contributed by atoms with Crippen molar-refractivity contribution in [2.75, 3.05) is 5.32 Å². The average Bonchev–Trinajstić information content (AvgIpc) is 3.09. The summed E-state index contributed by atoms with van der Waals surface area (Å²) < 4.78 is 6.82. The first kappa shape index (κ1) is 22.4. The second-order valence-electron chi connectivity index (χ2n) is 7.13. The Morgan fingerprint density at radius 1 is 1.03 bits per heavy atom. The van der Waals surface area contributed by atoms with E-state index in [1.165, 1.54) is 24.3 Å². The van der Waals surface area contributed by atoms with Crippen LogP contribution in [0.2, 0.25) is 10.0 Å². The first-order valence-electron chi connectivity index (χ1n) is 9.64. The summed E-state index contributed by atoms with van der Waals surface area (Å²) in [6, 6.07) is 15.8. The molecule has 33 heavy (non-hydrogen) atoms. The van der Waals surface area contributed by atoms with E-state index < -0.39 is 11.0 Å². The number of aromatic nitrogens is 2. The summed E-state index contributed by atoms with van der Waals surface area (Å²) in [4.78, 5) is 34.7. The Morgan fingerprint density at radius 2 is 1.76 bits per heavy atom. The third kappa shape index (κ3) is 5.16. The molecular formula is C22H16Cl2N4O5. The Kier molecular flexibility index (Phi) is 6.34. The zero-order valence-electron chi connectivity index (χ0n) is 16.9. The van der Waals surface area contributed by atoms with Crippen LogP contribution in [-0.4, -0.2) is 20.8 Å². The molecule has 9 nitrogen and oxygen atoms in total. The number of fused-ring (bicyclic) bond motifs is 1. The number of anilines is 1. The number of amides is 1. The first-order chi connectivity index (χ1) is 15.8. The number of nitrogens with zero attached hydrogens (tertiary/aromatic N) is 2. The van der Waals surface area contributed by atoms with Gasteiger partial charge in [-0.2, -0.15) is 0 Å². The minimum atomic E-state index is -0.723. The predicted octanol–water partition coefficient (Wildman–Crippen LogP) is 5.34. The van der Waals surface area contributed by atoms with Gasteiger partial charge in [-0.1, -0.05) is 29.3 Å². The highest BCUT2D eigenvalue weighted by molar-refractivity contribution is 6.42. The molecule has 4 aromatic rings. The Bertz CT molecular complexity index is 1410. The average molecular weight is 487 g/mol. The molecule has 2 N–H and O–H groups in total. The van der Waals surface area contributed by atoms with E-state index in [0.717, 1.165) is 5.56 Å². The number of ether oxygens (including phenoxy) is 1. The van der Waals surface area contributed by atoms with Crippen molar-refractivity contribution in [2.45, 2.75) is 13.2 Å². The van der Waals surface area contributed by atoms with Crippen LogP contribution in [0.3, 0.4) is 0 Å². The Balaban J connectivity index is 1.44. The number of benzene rings is 3. The van der Waals surface area contributed by atoms with Crippen molar-refractivity contribution in [3.05, 3.63) is 102 Å². The number of nitro benzene ring substituents is 1. The number of non-ortho nitro benzene ring substituents is 1. The molecule has 0 fully saturated rings. The largest absolute Gasteiger partial charge is 0.444 e. The lowest BCUT2D eigenvalue weighted by molar-refractivity contribution is -0.384. The molecule has 1 aromatic heterocycles. The number of rotatable bonds is 6. The molecule has 0 saturated carbocycles. The maximum Gasteiger partial charge on any atom is 0.411 e. The van der Waals surface area contributed by atoms with E-state index in [1.54, 1.807) is 35.0 Å². The van der Waals surface area contributed by atoms with E-state index in [1.807, 2.05) is 6.07 Å². The molecule has 0 spiro atoms. The van der Waals surface area contributed by atoms with Gasteiger partial charge in [-0.15, -0.1) is 0 Å². The van der Waals surface area contributed by atoms with Gasteiger partial charge in [0.15, 0.2) is 0 Å². The fourth-order valence-electron chi connectivity index (χ4n) is 3.24. The molecule has 3 aromatic carbocycles. The third-order valence-electron chi connectivity index (χ3n) is 4.86. The predicted molar refractivity (Wildman–Crippen MR) is 125 cm³/mol. The summed E-state index contributed by atoms with van der Waals surface area (Å²) in [5.74, 6) is 0. The molecule has 1 heterocycles. The van der Waals surface area contributed by atoms with Gasteiger partial charge in [-0.05, 0) is 53.6 Å². The van der Waals surface area contributed by atoms with Gasteiger partial charge >= 0.3 is 6.09 Å². The molecule has 0 aliphatic heterocycles. The molecule has 0 aliphatic rings. The third-order valence-corrected chi connectivity index (χ3v) is 5.60. The van der Waals surface area contributed by atoms with Gasteiger partial charge in [0.25, 0.3) is 11.2 Å². The van der Waals surface area contributed by atoms with Gasteiger partial charge in [0.2, 0.25) is 0 Å². The minimum absolute atomic E-state index is 0.0483. The van der Waals surface area contributed by atoms with Crippen molar-refractivity contribution in [1.29, 1.82) is 0 Å². The molecule has 0 atom stereocenters. The van der Waals surface area contributed by atoms with E-state index in [2.05, 4.69) is 10.4 Å². The minimum Gasteiger partial charge on any atom is -0.444 e. The second kappa shape index (κ2) is 9.35. The van der Waals surface area contributed by atoms with Crippen LogP contribution < -0.4 is 10.9 Å². The smallest absolute Gasteiger partial charge is 0.411 e. The van der Waals surface area contributed by atoms with Crippen molar-refractivity contribution >= 4 is 51.6 Å². The number of carbonyl (C=O) groups excluding carboxylic acids is 1. The van der Waals surface area contributed by atoms with Crippen LogP contribution in [0.25, 0.3) is 10.9 Å². The summed E-state index contributed by atoms with van der Waals surface area (Å²) in [6.45, 7) is 0.312. The van der Waals surface area contributed by atoms with Gasteiger partial charge in [0, 0.05) is 17.8 Å². The van der Waals surface area contributed by atoms with E-state index in [4.69, 9.17) is 27.9 Å². The molecule has 0 saturated heterocycles. The molecule has 11 heteroatoms. The molecular weight excluding hydrogens is 471 g/mol. The number of hydrogen-bond acceptors (Lipinski definition) is 5. The second-order valence-corrected chi connectivity index (χ2v) is 7.95. The summed E-state index contributed by atoms with van der Waals surface area (Å²) in [6.07, 6.45) is -0.723. The lowest BCUT2D eigenvalue weighted by Crippen LogP contribution is -2.13. The van der Waals surface area contributed by atoms with Crippen molar-refractivity contribution in [3.63, 3.8) is 0 Å². The summed E-state index contributed by atoms with van der Waals surface area (Å²) in [5, 5.41) is 17.3. The Morgan fingerprint density at radius 3 is 2.45 bits per heavy atom. The lowest BCUT2D eigenvalue weighted by atomic mass is 10.2. The maximum absolute atomic E-state index is 12.4. The Labute approximate surface area is 196 Å². The monoisotopic (exact) mass is 486 g/mol. The van der Waals surface area contributed by atoms with Crippen LogP contribution in [0.5, 0.6) is 0 Å². The molecule has 168 valence electrons. The van der Waals surface area contributed by atoms with Crippen LogP contribution in [-0.2, 0) is 17.9 Å². The number of H-pyrrole nitrogens is 1. The van der Waals surface area contributed by atoms with Crippen LogP contribution in [0.15, 0.2) is 65.5 Å². The fraction of sp³-hybridized carbons (Fsp3) is 0.0909. The number of nitro groups is 1. The molecule has 0 radical (unpaired) electrons. The molecule has 0 unspecified atom stereocenters. The maximum atomic E-state index is 12.4. The van der Waals surface area contributed by atoms with Crippen molar-refractivity contribution in [2.24, 2.45) is 0 Å². The van der Waals surface area contributed by atoms with Crippen molar-refractivity contribution < 1.29 is 14.5 Å². The van der Waals surface area contributed by atoms with Gasteiger partial charge in [-0.25, -0.2) is 4.79 Å². The molecule has 4 rings (SSSR count). The molecule has 0 bridgehead atoms. The topological polar surface area (TPSA) is 119 Å². The lowest BCUT2D eigenvalue weighted by Gasteiger charge is -2.08. The fourth-order valence-corrected chi connectivity index (χ4v) is 3.56.